The molecule has 1 saturated heterocycles. The SMILES string of the molecule is CCN1CCN(Cc2ccc(NC(=O)N3CCc4ccc(Oc5ccnc6[nH]ccc56)c(F)c4C3)cc2C(F)(F)F)CC1. The number of hydrogen-bond donors (Lipinski definition) is 2. The van der Waals surface area contributed by atoms with Gasteiger partial charge in [0.2, 0.25) is 0 Å². The highest BCUT2D eigenvalue weighted by atomic mass is 19.4. The highest BCUT2D eigenvalue weighted by Gasteiger charge is 2.35. The smallest absolute Gasteiger partial charge is 0.416 e. The number of urea groups is 1. The van der Waals surface area contributed by atoms with E-state index in [1.54, 1.807) is 36.7 Å². The quantitative estimate of drug-likeness (QED) is 0.258. The van der Waals surface area contributed by atoms with Crippen molar-refractivity contribution in [2.45, 2.75) is 32.6 Å². The largest absolute Gasteiger partial charge is 0.453 e. The Morgan fingerprint density at radius 1 is 1.02 bits per heavy atom. The molecule has 12 heteroatoms. The van der Waals surface area contributed by atoms with Crippen LogP contribution in [-0.2, 0) is 25.7 Å². The van der Waals surface area contributed by atoms with E-state index in [1.807, 2.05) is 4.90 Å². The van der Waals surface area contributed by atoms with E-state index in [4.69, 9.17) is 4.74 Å². The van der Waals surface area contributed by atoms with E-state index < -0.39 is 23.6 Å². The maximum absolute atomic E-state index is 15.7. The molecule has 0 atom stereocenters. The summed E-state index contributed by atoms with van der Waals surface area (Å²) in [5.41, 5.74) is 1.10. The van der Waals surface area contributed by atoms with Crippen molar-refractivity contribution in [2.75, 3.05) is 44.6 Å². The summed E-state index contributed by atoms with van der Waals surface area (Å²) in [6.45, 7) is 6.45. The second kappa shape index (κ2) is 11.8. The van der Waals surface area contributed by atoms with Crippen molar-refractivity contribution in [1.82, 2.24) is 24.7 Å². The number of hydrogen-bond acceptors (Lipinski definition) is 5. The number of alkyl halides is 3. The third kappa shape index (κ3) is 6.16. The van der Waals surface area contributed by atoms with Gasteiger partial charge in [-0.05, 0) is 54.4 Å². The summed E-state index contributed by atoms with van der Waals surface area (Å²) in [6.07, 6.45) is -0.911. The second-order valence-corrected chi connectivity index (χ2v) is 10.8. The van der Waals surface area contributed by atoms with Crippen molar-refractivity contribution in [1.29, 1.82) is 0 Å². The van der Waals surface area contributed by atoms with Crippen molar-refractivity contribution in [3.05, 3.63) is 82.9 Å². The number of benzene rings is 2. The number of amides is 2. The summed E-state index contributed by atoms with van der Waals surface area (Å²) in [5, 5.41) is 3.29. The first-order valence-electron chi connectivity index (χ1n) is 14.3. The van der Waals surface area contributed by atoms with E-state index >= 15 is 4.39 Å². The monoisotopic (exact) mass is 596 g/mol. The van der Waals surface area contributed by atoms with Gasteiger partial charge in [-0.3, -0.25) is 4.90 Å². The van der Waals surface area contributed by atoms with E-state index in [0.717, 1.165) is 31.3 Å². The van der Waals surface area contributed by atoms with E-state index in [1.165, 1.54) is 17.0 Å². The van der Waals surface area contributed by atoms with Crippen LogP contribution in [0.4, 0.5) is 28.0 Å². The van der Waals surface area contributed by atoms with E-state index in [0.29, 0.717) is 48.4 Å². The van der Waals surface area contributed by atoms with Gasteiger partial charge in [0.1, 0.15) is 11.4 Å². The Morgan fingerprint density at radius 3 is 2.58 bits per heavy atom. The number of aromatic nitrogens is 2. The lowest BCUT2D eigenvalue weighted by molar-refractivity contribution is -0.138. The van der Waals surface area contributed by atoms with Crippen LogP contribution < -0.4 is 10.1 Å². The number of nitrogens with one attached hydrogen (secondary N) is 2. The number of carbonyl (C=O) groups is 1. The first-order valence-corrected chi connectivity index (χ1v) is 14.3. The van der Waals surface area contributed by atoms with Gasteiger partial charge in [-0.15, -0.1) is 0 Å². The zero-order valence-corrected chi connectivity index (χ0v) is 23.7. The number of anilines is 1. The third-order valence-electron chi connectivity index (χ3n) is 8.20. The van der Waals surface area contributed by atoms with Crippen LogP contribution in [0, 0.1) is 5.82 Å². The standard InChI is InChI=1S/C31H32F4N6O2/c1-2-39-13-15-40(16-14-39)18-21-3-5-22(17-25(21)31(33,34)35)38-30(42)41-12-9-20-4-6-27(28(32)24(20)19-41)43-26-8-11-37-29-23(26)7-10-36-29/h3-8,10-11,17H,2,9,12-16,18-19H2,1H3,(H,36,37)(H,38,42). The van der Waals surface area contributed by atoms with Gasteiger partial charge in [-0.2, -0.15) is 13.2 Å². The molecule has 2 N–H and O–H groups in total. The Bertz CT molecular complexity index is 1630. The molecular weight excluding hydrogens is 564 g/mol. The number of nitrogens with zero attached hydrogens (tertiary/aromatic N) is 4. The molecule has 0 unspecified atom stereocenters. The molecular formula is C31H32F4N6O2. The van der Waals surface area contributed by atoms with E-state index in [-0.39, 0.29) is 30.1 Å². The van der Waals surface area contributed by atoms with Crippen LogP contribution in [0.1, 0.15) is 29.2 Å². The number of pyridine rings is 1. The van der Waals surface area contributed by atoms with Gasteiger partial charge >= 0.3 is 12.2 Å². The fourth-order valence-electron chi connectivity index (χ4n) is 5.73. The zero-order chi connectivity index (χ0) is 30.1. The number of fused-ring (bicyclic) bond motifs is 2. The number of rotatable bonds is 6. The maximum Gasteiger partial charge on any atom is 0.416 e. The van der Waals surface area contributed by atoms with Gasteiger partial charge < -0.3 is 24.8 Å². The molecule has 1 fully saturated rings. The third-order valence-corrected chi connectivity index (χ3v) is 8.20. The number of likely N-dealkylation sites (N-methyl/N-ethyl adjacent to an activating group) is 1. The molecule has 0 spiro atoms. The van der Waals surface area contributed by atoms with Crippen LogP contribution in [0.15, 0.2) is 54.9 Å². The van der Waals surface area contributed by atoms with Crippen molar-refractivity contribution in [3.63, 3.8) is 0 Å². The highest BCUT2D eigenvalue weighted by molar-refractivity contribution is 5.89. The predicted molar refractivity (Wildman–Crippen MR) is 155 cm³/mol. The Balaban J connectivity index is 1.16. The van der Waals surface area contributed by atoms with Crippen molar-refractivity contribution >= 4 is 22.8 Å². The molecule has 8 nitrogen and oxygen atoms in total. The molecule has 2 aliphatic heterocycles. The first-order chi connectivity index (χ1) is 20.7. The van der Waals surface area contributed by atoms with Crippen LogP contribution in [0.2, 0.25) is 0 Å². The van der Waals surface area contributed by atoms with Gasteiger partial charge in [-0.25, -0.2) is 14.2 Å². The number of aromatic amines is 1. The fraction of sp³-hybridized carbons (Fsp3) is 0.355. The van der Waals surface area contributed by atoms with Crippen molar-refractivity contribution in [3.8, 4) is 11.5 Å². The molecule has 2 aliphatic rings. The van der Waals surface area contributed by atoms with Crippen LogP contribution >= 0.6 is 0 Å². The van der Waals surface area contributed by atoms with Gasteiger partial charge in [0.25, 0.3) is 0 Å². The van der Waals surface area contributed by atoms with Crippen LogP contribution in [-0.4, -0.2) is 70.0 Å². The molecule has 0 radical (unpaired) electrons. The molecule has 6 rings (SSSR count). The van der Waals surface area contributed by atoms with Gasteiger partial charge in [-0.1, -0.05) is 19.1 Å². The summed E-state index contributed by atoms with van der Waals surface area (Å²) in [6, 6.07) is 10.1. The van der Waals surface area contributed by atoms with Gasteiger partial charge in [0, 0.05) is 62.9 Å². The molecule has 2 aromatic carbocycles. The average Bonchev–Trinajstić information content (AvgIpc) is 3.49. The maximum atomic E-state index is 15.7. The number of piperazine rings is 1. The summed E-state index contributed by atoms with van der Waals surface area (Å²) < 4.78 is 63.7. The molecule has 4 heterocycles. The van der Waals surface area contributed by atoms with Crippen LogP contribution in [0.3, 0.4) is 0 Å². The van der Waals surface area contributed by atoms with Crippen molar-refractivity contribution < 1.29 is 27.1 Å². The van der Waals surface area contributed by atoms with Gasteiger partial charge in [0.05, 0.1) is 17.5 Å². The Hall–Kier alpha value is -4.16. The minimum absolute atomic E-state index is 0.0104. The van der Waals surface area contributed by atoms with Gasteiger partial charge in [0.15, 0.2) is 11.6 Å². The summed E-state index contributed by atoms with van der Waals surface area (Å²) in [5.74, 6) is -0.141. The lowest BCUT2D eigenvalue weighted by Gasteiger charge is -2.34. The normalized spacial score (nSPS) is 16.3. The van der Waals surface area contributed by atoms with E-state index in [2.05, 4.69) is 27.1 Å². The number of ether oxygens (including phenoxy) is 1. The molecule has 0 aliphatic carbocycles. The lowest BCUT2D eigenvalue weighted by atomic mass is 9.99. The van der Waals surface area contributed by atoms with E-state index in [9.17, 15) is 18.0 Å². The summed E-state index contributed by atoms with van der Waals surface area (Å²) in [4.78, 5) is 26.0. The molecule has 0 saturated carbocycles. The number of halogens is 4. The number of H-pyrrole nitrogens is 1. The lowest BCUT2D eigenvalue weighted by Crippen LogP contribution is -2.45. The van der Waals surface area contributed by atoms with Crippen molar-refractivity contribution in [2.24, 2.45) is 0 Å². The Morgan fingerprint density at radius 2 is 1.81 bits per heavy atom. The molecule has 226 valence electrons. The molecule has 0 bridgehead atoms. The van der Waals surface area contributed by atoms with Crippen LogP contribution in [0.25, 0.3) is 11.0 Å². The molecule has 2 aromatic heterocycles. The fourth-order valence-corrected chi connectivity index (χ4v) is 5.73. The first kappa shape index (κ1) is 28.9. The highest BCUT2D eigenvalue weighted by Crippen LogP contribution is 2.36. The topological polar surface area (TPSA) is 76.7 Å². The summed E-state index contributed by atoms with van der Waals surface area (Å²) in [7, 11) is 0. The summed E-state index contributed by atoms with van der Waals surface area (Å²) >= 11 is 0. The molecule has 4 aromatic rings. The second-order valence-electron chi connectivity index (χ2n) is 10.8. The van der Waals surface area contributed by atoms with Crippen LogP contribution in [0.5, 0.6) is 11.5 Å². The number of carbonyl (C=O) groups excluding carboxylic acids is 1. The minimum atomic E-state index is -4.58. The minimum Gasteiger partial charge on any atom is -0.453 e. The molecule has 43 heavy (non-hydrogen) atoms. The average molecular weight is 597 g/mol. The Labute approximate surface area is 246 Å². The Kier molecular flexibility index (Phi) is 7.97. The molecule has 2 amide bonds. The predicted octanol–water partition coefficient (Wildman–Crippen LogP) is 6.24. The zero-order valence-electron chi connectivity index (χ0n) is 23.7.